The van der Waals surface area contributed by atoms with Crippen LogP contribution in [0.2, 0.25) is 0 Å². The molecule has 0 atom stereocenters. The number of para-hydroxylation sites is 2. The van der Waals surface area contributed by atoms with Crippen LogP contribution in [-0.4, -0.2) is 0 Å². The van der Waals surface area contributed by atoms with E-state index in [0.29, 0.717) is 0 Å². The zero-order chi connectivity index (χ0) is 44.6. The smallest absolute Gasteiger partial charge is 0.0468 e. The highest BCUT2D eigenvalue weighted by Gasteiger charge is 2.37. The normalized spacial score (nSPS) is 13.9. The van der Waals surface area contributed by atoms with Crippen molar-refractivity contribution in [3.05, 3.63) is 252 Å². The lowest BCUT2D eigenvalue weighted by Crippen LogP contribution is -2.16. The maximum Gasteiger partial charge on any atom is 0.0468 e. The van der Waals surface area contributed by atoms with Crippen molar-refractivity contribution in [1.29, 1.82) is 0 Å². The molecule has 0 saturated heterocycles. The van der Waals surface area contributed by atoms with E-state index in [4.69, 9.17) is 0 Å². The lowest BCUT2D eigenvalue weighted by Gasteiger charge is -2.28. The van der Waals surface area contributed by atoms with Crippen molar-refractivity contribution in [1.82, 2.24) is 0 Å². The van der Waals surface area contributed by atoms with Crippen LogP contribution in [0, 0.1) is 0 Å². The Morgan fingerprint density at radius 3 is 1.00 bits per heavy atom. The molecule has 0 amide bonds. The van der Waals surface area contributed by atoms with Crippen LogP contribution in [0.3, 0.4) is 0 Å². The van der Waals surface area contributed by atoms with Gasteiger partial charge in [0.15, 0.2) is 0 Å². The number of hydrogen-bond acceptors (Lipinski definition) is 2. The minimum atomic E-state index is -0.178. The molecule has 0 N–H and O–H groups in total. The first kappa shape index (κ1) is 39.6. The van der Waals surface area contributed by atoms with Gasteiger partial charge in [0.1, 0.15) is 0 Å². The Kier molecular flexibility index (Phi) is 9.22. The lowest BCUT2D eigenvalue weighted by atomic mass is 9.81. The van der Waals surface area contributed by atoms with Crippen molar-refractivity contribution in [2.24, 2.45) is 0 Å². The average molecular weight is 847 g/mol. The molecule has 10 aromatic rings. The Morgan fingerprint density at radius 2 is 0.591 bits per heavy atom. The van der Waals surface area contributed by atoms with Gasteiger partial charge in [-0.05, 0) is 150 Å². The highest BCUT2D eigenvalue weighted by atomic mass is 15.1. The summed E-state index contributed by atoms with van der Waals surface area (Å²) in [5.41, 5.74) is 19.7. The van der Waals surface area contributed by atoms with Crippen molar-refractivity contribution in [2.45, 2.75) is 38.5 Å². The molecule has 0 unspecified atom stereocenters. The number of nitrogens with zero attached hydrogens (tertiary/aromatic N) is 2. The van der Waals surface area contributed by atoms with Crippen LogP contribution in [0.5, 0.6) is 0 Å². The summed E-state index contributed by atoms with van der Waals surface area (Å²) in [5.74, 6) is 0. The van der Waals surface area contributed by atoms with Crippen LogP contribution < -0.4 is 9.80 Å². The fraction of sp³-hybridized carbons (Fsp3) is 0.0938. The van der Waals surface area contributed by atoms with Gasteiger partial charge < -0.3 is 9.80 Å². The van der Waals surface area contributed by atoms with E-state index < -0.39 is 0 Å². The van der Waals surface area contributed by atoms with E-state index in [9.17, 15) is 0 Å². The van der Waals surface area contributed by atoms with E-state index in [-0.39, 0.29) is 10.8 Å². The van der Waals surface area contributed by atoms with Crippen molar-refractivity contribution < 1.29 is 0 Å². The molecule has 2 aliphatic rings. The third-order valence-electron chi connectivity index (χ3n) is 14.4. The summed E-state index contributed by atoms with van der Waals surface area (Å²) in [7, 11) is 0. The second kappa shape index (κ2) is 15.4. The zero-order valence-electron chi connectivity index (χ0n) is 37.8. The maximum absolute atomic E-state index is 2.42. The molecular weight excluding hydrogens is 797 g/mol. The van der Waals surface area contributed by atoms with Gasteiger partial charge in [-0.1, -0.05) is 185 Å². The van der Waals surface area contributed by atoms with Gasteiger partial charge >= 0.3 is 0 Å². The van der Waals surface area contributed by atoms with Crippen molar-refractivity contribution in [2.75, 3.05) is 9.80 Å². The summed E-state index contributed by atoms with van der Waals surface area (Å²) >= 11 is 0. The second-order valence-electron chi connectivity index (χ2n) is 19.1. The molecule has 0 heterocycles. The summed E-state index contributed by atoms with van der Waals surface area (Å²) < 4.78 is 0. The van der Waals surface area contributed by atoms with E-state index in [1.807, 2.05) is 0 Å². The minimum absolute atomic E-state index is 0.178. The molecule has 2 nitrogen and oxygen atoms in total. The number of hydrogen-bond donors (Lipinski definition) is 0. The Morgan fingerprint density at radius 1 is 0.273 bits per heavy atom. The van der Waals surface area contributed by atoms with Crippen molar-refractivity contribution in [3.8, 4) is 22.3 Å². The molecule has 0 aromatic heterocycles. The van der Waals surface area contributed by atoms with Gasteiger partial charge in [0, 0.05) is 45.0 Å². The van der Waals surface area contributed by atoms with Gasteiger partial charge in [-0.2, -0.15) is 0 Å². The van der Waals surface area contributed by atoms with Gasteiger partial charge in [0.05, 0.1) is 0 Å². The molecule has 0 spiro atoms. The van der Waals surface area contributed by atoms with Crippen LogP contribution in [0.25, 0.3) is 56.0 Å². The molecule has 2 aliphatic carbocycles. The first-order chi connectivity index (χ1) is 32.2. The summed E-state index contributed by atoms with van der Waals surface area (Å²) in [6.07, 6.45) is 4.58. The topological polar surface area (TPSA) is 6.48 Å². The van der Waals surface area contributed by atoms with E-state index in [1.165, 1.54) is 77.2 Å². The summed E-state index contributed by atoms with van der Waals surface area (Å²) in [6, 6.07) is 80.3. The molecule has 12 rings (SSSR count). The van der Waals surface area contributed by atoms with Crippen molar-refractivity contribution >= 4 is 67.8 Å². The van der Waals surface area contributed by atoms with Crippen molar-refractivity contribution in [3.63, 3.8) is 0 Å². The Bertz CT molecular complexity index is 3310. The quantitative estimate of drug-likeness (QED) is 0.141. The van der Waals surface area contributed by atoms with Crippen LogP contribution >= 0.6 is 0 Å². The largest absolute Gasteiger partial charge is 0.310 e. The molecule has 0 radical (unpaired) electrons. The van der Waals surface area contributed by atoms with Crippen LogP contribution in [0.15, 0.2) is 218 Å². The van der Waals surface area contributed by atoms with E-state index in [2.05, 4.69) is 268 Å². The average Bonchev–Trinajstić information content (AvgIpc) is 3.72. The molecule has 0 bridgehead atoms. The number of benzene rings is 10. The van der Waals surface area contributed by atoms with Gasteiger partial charge in [-0.3, -0.25) is 0 Å². The molecule has 66 heavy (non-hydrogen) atoms. The third-order valence-corrected chi connectivity index (χ3v) is 14.4. The number of anilines is 6. The molecule has 0 saturated carbocycles. The third kappa shape index (κ3) is 6.55. The first-order valence-electron chi connectivity index (χ1n) is 23.2. The number of rotatable bonds is 8. The van der Waals surface area contributed by atoms with E-state index in [1.54, 1.807) is 0 Å². The predicted octanol–water partition coefficient (Wildman–Crippen LogP) is 17.7. The number of fused-ring (bicyclic) bond motifs is 8. The Balaban J connectivity index is 0.841. The highest BCUT2D eigenvalue weighted by Crippen LogP contribution is 2.53. The maximum atomic E-state index is 2.42. The molecule has 10 aromatic carbocycles. The zero-order valence-corrected chi connectivity index (χ0v) is 37.8. The Labute approximate surface area is 388 Å². The summed E-state index contributed by atoms with van der Waals surface area (Å²) in [4.78, 5) is 4.78. The highest BCUT2D eigenvalue weighted by molar-refractivity contribution is 5.93. The molecule has 316 valence electrons. The minimum Gasteiger partial charge on any atom is -0.310 e. The molecule has 0 fully saturated rings. The van der Waals surface area contributed by atoms with E-state index >= 15 is 0 Å². The van der Waals surface area contributed by atoms with Crippen LogP contribution in [0.4, 0.5) is 34.1 Å². The van der Waals surface area contributed by atoms with Crippen LogP contribution in [0.1, 0.15) is 61.1 Å². The monoisotopic (exact) mass is 846 g/mol. The molecular formula is C64H50N2. The first-order valence-corrected chi connectivity index (χ1v) is 23.2. The van der Waals surface area contributed by atoms with Crippen LogP contribution in [-0.2, 0) is 10.8 Å². The van der Waals surface area contributed by atoms with E-state index in [0.717, 1.165) is 34.1 Å². The fourth-order valence-electron chi connectivity index (χ4n) is 10.8. The van der Waals surface area contributed by atoms with Gasteiger partial charge in [-0.25, -0.2) is 0 Å². The molecule has 0 aliphatic heterocycles. The second-order valence-corrected chi connectivity index (χ2v) is 19.1. The molecule has 2 heteroatoms. The summed E-state index contributed by atoms with van der Waals surface area (Å²) in [6.45, 7) is 9.52. The predicted molar refractivity (Wildman–Crippen MR) is 281 cm³/mol. The lowest BCUT2D eigenvalue weighted by molar-refractivity contribution is 0.660. The van der Waals surface area contributed by atoms with Gasteiger partial charge in [0.25, 0.3) is 0 Å². The summed E-state index contributed by atoms with van der Waals surface area (Å²) in [5, 5.41) is 4.95. The fourth-order valence-corrected chi connectivity index (χ4v) is 10.8. The SMILES string of the molecule is CC1(C)c2cc(/C=C/c3ccc4c(c3)C(C)(C)c3cc(N(c5ccccc5)c5ccc6ccccc6c5)ccc3-4)ccc2-c2ccc(N(c3ccccc3)c3ccc4ccccc4c3)cc21. The van der Waals surface area contributed by atoms with Gasteiger partial charge in [-0.15, -0.1) is 0 Å². The van der Waals surface area contributed by atoms with Gasteiger partial charge in [0.2, 0.25) is 0 Å². The standard InChI is InChI=1S/C64H50N2/c1-63(2)59-37-43(25-33-55(59)57-35-31-53(41-61(57)63)65(49-19-7-5-8-20-49)51-29-27-45-15-11-13-17-47(45)39-51)23-24-44-26-34-56-58-36-32-54(42-62(58)64(3,4)60(56)38-44)66(50-21-9-6-10-22-50)52-30-28-46-16-12-14-18-48(46)40-52/h5-42H,1-4H3/b24-23+. The Hall–Kier alpha value is -7.94.